The van der Waals surface area contributed by atoms with Gasteiger partial charge in [0.05, 0.1) is 0 Å². The van der Waals surface area contributed by atoms with Crippen LogP contribution in [0.2, 0.25) is 0 Å². The highest BCUT2D eigenvalue weighted by atomic mass is 14.7. The van der Waals surface area contributed by atoms with E-state index in [1.54, 1.807) is 0 Å². The predicted molar refractivity (Wildman–Crippen MR) is 65.0 cm³/mol. The smallest absolute Gasteiger partial charge is 0.0457 e. The molecule has 0 bridgehead atoms. The van der Waals surface area contributed by atoms with Crippen LogP contribution < -0.4 is 0 Å². The molecule has 0 radical (unpaired) electrons. The minimum atomic E-state index is 1.13. The molecule has 0 aliphatic rings. The summed E-state index contributed by atoms with van der Waals surface area (Å²) >= 11 is 0. The molecule has 74 valence electrons. The average molecular weight is 187 g/mol. The van der Waals surface area contributed by atoms with Gasteiger partial charge in [0.15, 0.2) is 0 Å². The third-order valence-corrected chi connectivity index (χ3v) is 2.24. The maximum Gasteiger partial charge on any atom is 0.0457 e. The third kappa shape index (κ3) is 1.87. The van der Waals surface area contributed by atoms with Gasteiger partial charge >= 0.3 is 0 Å². The lowest BCUT2D eigenvalue weighted by Gasteiger charge is -1.92. The van der Waals surface area contributed by atoms with Crippen LogP contribution in [-0.4, -0.2) is 4.98 Å². The molecule has 1 heterocycles. The predicted octanol–water partition coefficient (Wildman–Crippen LogP) is 4.03. The van der Waals surface area contributed by atoms with E-state index in [2.05, 4.69) is 30.6 Å². The number of H-pyrrole nitrogens is 1. The summed E-state index contributed by atoms with van der Waals surface area (Å²) in [5.41, 5.74) is 4.74. The molecule has 0 saturated heterocycles. The van der Waals surface area contributed by atoms with E-state index in [0.717, 1.165) is 11.4 Å². The van der Waals surface area contributed by atoms with Crippen LogP contribution in [-0.2, 0) is 0 Å². The second kappa shape index (κ2) is 4.66. The van der Waals surface area contributed by atoms with Crippen molar-refractivity contribution in [2.75, 3.05) is 0 Å². The Bertz CT molecular complexity index is 378. The second-order valence-electron chi connectivity index (χ2n) is 3.20. The van der Waals surface area contributed by atoms with Crippen LogP contribution in [0, 0.1) is 6.92 Å². The Morgan fingerprint density at radius 3 is 2.14 bits per heavy atom. The molecule has 14 heavy (non-hydrogen) atoms. The van der Waals surface area contributed by atoms with Gasteiger partial charge in [0.25, 0.3) is 0 Å². The summed E-state index contributed by atoms with van der Waals surface area (Å²) in [6, 6.07) is 0. The quantitative estimate of drug-likeness (QED) is 0.735. The van der Waals surface area contributed by atoms with Gasteiger partial charge in [0, 0.05) is 17.0 Å². The van der Waals surface area contributed by atoms with Gasteiger partial charge in [-0.3, -0.25) is 0 Å². The van der Waals surface area contributed by atoms with E-state index in [-0.39, 0.29) is 0 Å². The molecule has 0 unspecified atom stereocenters. The van der Waals surface area contributed by atoms with Crippen LogP contribution in [0.15, 0.2) is 18.7 Å². The number of hydrogen-bond donors (Lipinski definition) is 1. The number of allylic oxidation sites excluding steroid dienone is 2. The normalized spacial score (nSPS) is 11.6. The highest BCUT2D eigenvalue weighted by Crippen LogP contribution is 2.21. The first-order valence-corrected chi connectivity index (χ1v) is 4.85. The number of aromatic nitrogens is 1. The van der Waals surface area contributed by atoms with E-state index in [1.165, 1.54) is 11.1 Å². The Labute approximate surface area is 85.9 Å². The van der Waals surface area contributed by atoms with E-state index in [1.807, 2.05) is 32.1 Å². The van der Waals surface area contributed by atoms with Gasteiger partial charge in [0.2, 0.25) is 0 Å². The van der Waals surface area contributed by atoms with Crippen molar-refractivity contribution in [2.24, 2.45) is 0 Å². The molecule has 1 nitrogen and oxygen atoms in total. The first-order valence-electron chi connectivity index (χ1n) is 4.85. The van der Waals surface area contributed by atoms with E-state index >= 15 is 0 Å². The maximum atomic E-state index is 3.83. The monoisotopic (exact) mass is 187 g/mol. The van der Waals surface area contributed by atoms with Crippen molar-refractivity contribution in [1.82, 2.24) is 4.98 Å². The van der Waals surface area contributed by atoms with Crippen LogP contribution in [0.4, 0.5) is 0 Å². The van der Waals surface area contributed by atoms with Crippen molar-refractivity contribution in [3.05, 3.63) is 41.2 Å². The fourth-order valence-electron chi connectivity index (χ4n) is 1.55. The fourth-order valence-corrected chi connectivity index (χ4v) is 1.55. The molecule has 0 spiro atoms. The lowest BCUT2D eigenvalue weighted by Crippen LogP contribution is -1.75. The van der Waals surface area contributed by atoms with Crippen LogP contribution in [0.3, 0.4) is 0 Å². The van der Waals surface area contributed by atoms with Gasteiger partial charge in [-0.15, -0.1) is 0 Å². The van der Waals surface area contributed by atoms with Gasteiger partial charge in [-0.05, 0) is 38.5 Å². The molecule has 0 aliphatic heterocycles. The molecule has 0 fully saturated rings. The minimum Gasteiger partial charge on any atom is -0.355 e. The van der Waals surface area contributed by atoms with Gasteiger partial charge in [-0.2, -0.15) is 0 Å². The molecule has 1 aromatic rings. The second-order valence-corrected chi connectivity index (χ2v) is 3.20. The molecule has 0 atom stereocenters. The molecular weight excluding hydrogens is 170 g/mol. The summed E-state index contributed by atoms with van der Waals surface area (Å²) in [5, 5.41) is 0. The SMILES string of the molecule is C=Cc1c(/C=C\C)[nH]c(/C=C\C)c1C. The van der Waals surface area contributed by atoms with E-state index in [4.69, 9.17) is 0 Å². The number of rotatable bonds is 3. The van der Waals surface area contributed by atoms with E-state index in [0.29, 0.717) is 0 Å². The highest BCUT2D eigenvalue weighted by molar-refractivity contribution is 5.70. The minimum absolute atomic E-state index is 1.13. The first kappa shape index (κ1) is 10.6. The van der Waals surface area contributed by atoms with Crippen molar-refractivity contribution in [3.63, 3.8) is 0 Å². The van der Waals surface area contributed by atoms with Crippen LogP contribution in [0.5, 0.6) is 0 Å². The topological polar surface area (TPSA) is 15.8 Å². The van der Waals surface area contributed by atoms with Crippen LogP contribution in [0.1, 0.15) is 36.4 Å². The Balaban J connectivity index is 3.30. The summed E-state index contributed by atoms with van der Waals surface area (Å²) in [5.74, 6) is 0. The average Bonchev–Trinajstić information content (AvgIpc) is 2.45. The van der Waals surface area contributed by atoms with Gasteiger partial charge in [0.1, 0.15) is 0 Å². The summed E-state index contributed by atoms with van der Waals surface area (Å²) < 4.78 is 0. The van der Waals surface area contributed by atoms with Gasteiger partial charge in [-0.1, -0.05) is 24.8 Å². The number of hydrogen-bond acceptors (Lipinski definition) is 0. The van der Waals surface area contributed by atoms with Crippen molar-refractivity contribution in [1.29, 1.82) is 0 Å². The molecule has 0 amide bonds. The fraction of sp³-hybridized carbons (Fsp3) is 0.231. The van der Waals surface area contributed by atoms with Crippen LogP contribution >= 0.6 is 0 Å². The van der Waals surface area contributed by atoms with Crippen LogP contribution in [0.25, 0.3) is 18.2 Å². The standard InChI is InChI=1S/C13H17N/c1-5-8-12-10(4)11(7-3)13(14-12)9-6-2/h5-9,14H,3H2,1-2,4H3/b8-5-,9-6-. The summed E-state index contributed by atoms with van der Waals surface area (Å²) in [4.78, 5) is 3.36. The van der Waals surface area contributed by atoms with Crippen molar-refractivity contribution >= 4 is 18.2 Å². The van der Waals surface area contributed by atoms with Crippen molar-refractivity contribution in [3.8, 4) is 0 Å². The Morgan fingerprint density at radius 1 is 1.07 bits per heavy atom. The number of nitrogens with one attached hydrogen (secondary N) is 1. The summed E-state index contributed by atoms with van der Waals surface area (Å²) in [6.45, 7) is 9.97. The molecule has 0 aliphatic carbocycles. The Morgan fingerprint density at radius 2 is 1.64 bits per heavy atom. The molecule has 0 aromatic carbocycles. The number of aromatic amines is 1. The molecule has 1 heteroatoms. The Hall–Kier alpha value is -1.50. The Kier molecular flexibility index (Phi) is 3.52. The lowest BCUT2D eigenvalue weighted by atomic mass is 10.1. The highest BCUT2D eigenvalue weighted by Gasteiger charge is 2.06. The maximum absolute atomic E-state index is 3.83. The molecule has 1 rings (SSSR count). The first-order chi connectivity index (χ1) is 6.74. The third-order valence-electron chi connectivity index (χ3n) is 2.24. The summed E-state index contributed by atoms with van der Waals surface area (Å²) in [6.07, 6.45) is 10.1. The van der Waals surface area contributed by atoms with Gasteiger partial charge in [-0.25, -0.2) is 0 Å². The lowest BCUT2D eigenvalue weighted by molar-refractivity contribution is 1.32. The van der Waals surface area contributed by atoms with Crippen molar-refractivity contribution in [2.45, 2.75) is 20.8 Å². The molecular formula is C13H17N. The summed E-state index contributed by atoms with van der Waals surface area (Å²) in [7, 11) is 0. The zero-order chi connectivity index (χ0) is 10.6. The van der Waals surface area contributed by atoms with Crippen molar-refractivity contribution < 1.29 is 0 Å². The molecule has 1 N–H and O–H groups in total. The zero-order valence-corrected chi connectivity index (χ0v) is 9.09. The van der Waals surface area contributed by atoms with E-state index < -0.39 is 0 Å². The zero-order valence-electron chi connectivity index (χ0n) is 9.09. The largest absolute Gasteiger partial charge is 0.355 e. The molecule has 1 aromatic heterocycles. The molecule has 0 saturated carbocycles. The van der Waals surface area contributed by atoms with E-state index in [9.17, 15) is 0 Å². The van der Waals surface area contributed by atoms with Gasteiger partial charge < -0.3 is 4.98 Å².